The zero-order valence-electron chi connectivity index (χ0n) is 24.3. The van der Waals surface area contributed by atoms with Gasteiger partial charge in [0.2, 0.25) is 0 Å². The van der Waals surface area contributed by atoms with Gasteiger partial charge in [0, 0.05) is 26.0 Å². The van der Waals surface area contributed by atoms with Gasteiger partial charge >= 0.3 is 5.97 Å². The van der Waals surface area contributed by atoms with Crippen molar-refractivity contribution in [1.82, 2.24) is 0 Å². The minimum absolute atomic E-state index is 0. The van der Waals surface area contributed by atoms with Crippen LogP contribution in [-0.4, -0.2) is 49.3 Å². The van der Waals surface area contributed by atoms with E-state index < -0.39 is 0 Å². The number of phenolic OH excluding ortho intramolecular Hbond substituents is 1. The van der Waals surface area contributed by atoms with Gasteiger partial charge in [-0.2, -0.15) is 0 Å². The van der Waals surface area contributed by atoms with Crippen LogP contribution in [-0.2, 0) is 50.8 Å². The molecule has 3 unspecified atom stereocenters. The molecule has 2 fully saturated rings. The zero-order valence-corrected chi connectivity index (χ0v) is 27.0. The summed E-state index contributed by atoms with van der Waals surface area (Å²) >= 11 is 0. The molecule has 0 saturated heterocycles. The van der Waals surface area contributed by atoms with Gasteiger partial charge in [0.05, 0.1) is 12.7 Å². The summed E-state index contributed by atoms with van der Waals surface area (Å²) in [5.74, 6) is 2.64. The van der Waals surface area contributed by atoms with Crippen LogP contribution in [0.5, 0.6) is 5.75 Å². The first-order chi connectivity index (χ1) is 19.5. The number of rotatable bonds is 8. The fourth-order valence-corrected chi connectivity index (χ4v) is 7.75. The number of esters is 1. The van der Waals surface area contributed by atoms with Gasteiger partial charge in [-0.05, 0) is 104 Å². The number of hydrogen-bond acceptors (Lipinski definition) is 7. The van der Waals surface area contributed by atoms with Gasteiger partial charge in [0.15, 0.2) is 0 Å². The molecule has 1 aromatic carbocycles. The second-order valence-corrected chi connectivity index (χ2v) is 11.4. The summed E-state index contributed by atoms with van der Waals surface area (Å²) in [5, 5.41) is 20.9. The van der Waals surface area contributed by atoms with Gasteiger partial charge in [-0.15, -0.1) is 0 Å². The van der Waals surface area contributed by atoms with Crippen molar-refractivity contribution in [3.63, 3.8) is 0 Å². The van der Waals surface area contributed by atoms with Crippen molar-refractivity contribution in [2.45, 2.75) is 89.6 Å². The third-order valence-electron chi connectivity index (χ3n) is 9.57. The number of allylic oxidation sites excluding steroid dienone is 3. The predicted molar refractivity (Wildman–Crippen MR) is 155 cm³/mol. The Morgan fingerprint density at radius 2 is 1.73 bits per heavy atom. The van der Waals surface area contributed by atoms with Gasteiger partial charge in [-0.25, -0.2) is 4.79 Å². The van der Waals surface area contributed by atoms with E-state index in [0.29, 0.717) is 42.4 Å². The number of benzene rings is 1. The first-order valence-electron chi connectivity index (χ1n) is 14.4. The number of carbonyl (C=O) groups is 4. The van der Waals surface area contributed by atoms with Gasteiger partial charge in [0.25, 0.3) is 0 Å². The van der Waals surface area contributed by atoms with Crippen LogP contribution < -0.4 is 0 Å². The van der Waals surface area contributed by atoms with Crippen molar-refractivity contribution in [2.24, 2.45) is 23.2 Å². The molecule has 4 aliphatic carbocycles. The van der Waals surface area contributed by atoms with Gasteiger partial charge in [-0.3, -0.25) is 0 Å². The fourth-order valence-electron chi connectivity index (χ4n) is 7.75. The maximum Gasteiger partial charge on any atom is 0.334 e. The largest absolute Gasteiger partial charge is 0.508 e. The molecule has 0 heterocycles. The number of aliphatic hydroxyl groups is 1. The molecule has 4 aliphatic rings. The third-order valence-corrected chi connectivity index (χ3v) is 9.57. The molecule has 0 aromatic heterocycles. The first-order valence-corrected chi connectivity index (χ1v) is 14.4. The smallest absolute Gasteiger partial charge is 0.334 e. The molecule has 0 aliphatic heterocycles. The number of aliphatic hydroxyl groups excluding tert-OH is 1. The Hall–Kier alpha value is -2.40. The molecule has 0 spiro atoms. The molecule has 1 aromatic rings. The Kier molecular flexibility index (Phi) is 16.3. The number of carbonyl (C=O) groups excluding carboxylic acids is 4. The zero-order chi connectivity index (χ0) is 29.7. The molecule has 1 radical (unpaired) electrons. The van der Waals surface area contributed by atoms with E-state index in [9.17, 15) is 15.0 Å². The molecular weight excluding hydrogens is 695 g/mol. The van der Waals surface area contributed by atoms with Crippen LogP contribution in [0.1, 0.15) is 88.2 Å². The Morgan fingerprint density at radius 3 is 2.41 bits per heavy atom. The molecule has 8 heteroatoms. The monoisotopic (exact) mass is 741 g/mol. The van der Waals surface area contributed by atoms with Crippen LogP contribution in [0.2, 0.25) is 0 Å². The van der Waals surface area contributed by atoms with E-state index in [-0.39, 0.29) is 37.9 Å². The van der Waals surface area contributed by atoms with Crippen molar-refractivity contribution >= 4 is 26.3 Å². The van der Waals surface area contributed by atoms with Crippen LogP contribution in [0, 0.1) is 23.2 Å². The Bertz CT molecular complexity index is 1020. The molecule has 5 rings (SSSR count). The number of aromatic hydroxyl groups is 1. The number of ether oxygens (including phenoxy) is 1. The summed E-state index contributed by atoms with van der Waals surface area (Å²) in [4.78, 5) is 36.0. The molecule has 0 amide bonds. The van der Waals surface area contributed by atoms with Crippen LogP contribution in [0.15, 0.2) is 42.0 Å². The Labute approximate surface area is 258 Å². The Balaban J connectivity index is 0.00000113. The summed E-state index contributed by atoms with van der Waals surface area (Å²) in [6, 6.07) is 6.03. The van der Waals surface area contributed by atoms with E-state index >= 15 is 0 Å². The quantitative estimate of drug-likeness (QED) is 0.261. The maximum atomic E-state index is 12.0. The maximum absolute atomic E-state index is 12.0. The van der Waals surface area contributed by atoms with Crippen LogP contribution >= 0.6 is 0 Å². The SMILES string of the molecule is C=O.C=O.C=O.C[C@]12CCC3c4ccc(O)cc4C[C@@H](CCCCCCOC(=O)C4=CC=CC4)C3C1CC[C@@H]2O.[Re]. The fraction of sp³-hybridized carbons (Fsp3) is 0.576. The van der Waals surface area contributed by atoms with Crippen molar-refractivity contribution in [3.8, 4) is 5.75 Å². The normalized spacial score (nSPS) is 28.2. The summed E-state index contributed by atoms with van der Waals surface area (Å²) in [6.07, 6.45) is 17.3. The van der Waals surface area contributed by atoms with Crippen molar-refractivity contribution in [3.05, 3.63) is 53.1 Å². The van der Waals surface area contributed by atoms with Gasteiger partial charge in [-0.1, -0.05) is 50.5 Å². The van der Waals surface area contributed by atoms with E-state index in [0.717, 1.165) is 56.9 Å². The Morgan fingerprint density at radius 1 is 1.02 bits per heavy atom. The van der Waals surface area contributed by atoms with Crippen LogP contribution in [0.4, 0.5) is 0 Å². The molecule has 2 N–H and O–H groups in total. The second-order valence-electron chi connectivity index (χ2n) is 11.4. The minimum Gasteiger partial charge on any atom is -0.508 e. The van der Waals surface area contributed by atoms with E-state index in [1.54, 1.807) is 0 Å². The van der Waals surface area contributed by atoms with E-state index in [2.05, 4.69) is 13.0 Å². The average molecular weight is 741 g/mol. The third kappa shape index (κ3) is 8.56. The van der Waals surface area contributed by atoms with Gasteiger partial charge < -0.3 is 29.3 Å². The summed E-state index contributed by atoms with van der Waals surface area (Å²) in [7, 11) is 0. The summed E-state index contributed by atoms with van der Waals surface area (Å²) in [5.41, 5.74) is 3.63. The van der Waals surface area contributed by atoms with Crippen molar-refractivity contribution in [2.75, 3.05) is 6.61 Å². The number of phenols is 1. The van der Waals surface area contributed by atoms with Gasteiger partial charge in [0.1, 0.15) is 26.1 Å². The van der Waals surface area contributed by atoms with Crippen molar-refractivity contribution < 1.29 is 54.6 Å². The molecule has 2 saturated carbocycles. The van der Waals surface area contributed by atoms with Crippen molar-refractivity contribution in [1.29, 1.82) is 0 Å². The molecular formula is C33H46O7Re. The second kappa shape index (κ2) is 18.2. The first kappa shape index (κ1) is 36.6. The number of hydrogen-bond donors (Lipinski definition) is 2. The summed E-state index contributed by atoms with van der Waals surface area (Å²) in [6.45, 7) is 8.85. The van der Waals surface area contributed by atoms with Crippen LogP contribution in [0.25, 0.3) is 0 Å². The molecule has 6 atom stereocenters. The molecule has 7 nitrogen and oxygen atoms in total. The predicted octanol–water partition coefficient (Wildman–Crippen LogP) is 5.66. The van der Waals surface area contributed by atoms with E-state index in [1.165, 1.54) is 24.0 Å². The number of unbranched alkanes of at least 4 members (excludes halogenated alkanes) is 3. The molecule has 227 valence electrons. The van der Waals surface area contributed by atoms with E-state index in [1.807, 2.05) is 50.7 Å². The average Bonchev–Trinajstić information content (AvgIpc) is 3.64. The number of fused-ring (bicyclic) bond motifs is 5. The molecule has 41 heavy (non-hydrogen) atoms. The van der Waals surface area contributed by atoms with E-state index in [4.69, 9.17) is 19.1 Å². The standard InChI is InChI=1S/C30H40O4.3CH2O.Re/c1-30-16-15-25-24-12-11-23(31)19-22(24)18-21(28(25)26(30)13-14-27(30)32)10-4-2-3-7-17-34-29(33)20-8-5-6-9-20;3*1-2;/h5-6,8,11-12,19,21,25-28,31-32H,2-4,7,9-10,13-18H2,1H3;3*1H2;/t21-,25?,26?,27+,28?,30+;;;;/m1..../s1. The minimum atomic E-state index is -0.167. The van der Waals surface area contributed by atoms with Crippen LogP contribution in [0.3, 0.4) is 0 Å². The topological polar surface area (TPSA) is 118 Å². The molecule has 0 bridgehead atoms. The summed E-state index contributed by atoms with van der Waals surface area (Å²) < 4.78 is 5.42.